The summed E-state index contributed by atoms with van der Waals surface area (Å²) < 4.78 is 25.3. The molecule has 2 aromatic heterocycles. The first-order chi connectivity index (χ1) is 16.6. The molecule has 186 valence electrons. The summed E-state index contributed by atoms with van der Waals surface area (Å²) in [6.07, 6.45) is 9.20. The number of hydrogen-bond acceptors (Lipinski definition) is 6. The van der Waals surface area contributed by atoms with Crippen LogP contribution in [0.1, 0.15) is 44.2 Å². The van der Waals surface area contributed by atoms with E-state index < -0.39 is 0 Å². The fraction of sp³-hybridized carbons (Fsp3) is 0.615. The van der Waals surface area contributed by atoms with Crippen LogP contribution in [0.25, 0.3) is 11.3 Å². The average molecular weight is 491 g/mol. The van der Waals surface area contributed by atoms with Crippen LogP contribution >= 0.6 is 11.6 Å². The fourth-order valence-electron chi connectivity index (χ4n) is 4.94. The smallest absolute Gasteiger partial charge is 0.149 e. The van der Waals surface area contributed by atoms with Gasteiger partial charge in [-0.15, -0.1) is 0 Å². The van der Waals surface area contributed by atoms with Crippen LogP contribution < -0.4 is 10.6 Å². The average Bonchev–Trinajstić information content (AvgIpc) is 2.87. The van der Waals surface area contributed by atoms with Gasteiger partial charge in [0.05, 0.1) is 11.6 Å². The molecular weight excluding hydrogens is 455 g/mol. The summed E-state index contributed by atoms with van der Waals surface area (Å²) in [4.78, 5) is 9.12. The Hall–Kier alpha value is -1.80. The molecule has 1 aliphatic carbocycles. The van der Waals surface area contributed by atoms with Crippen molar-refractivity contribution in [3.63, 3.8) is 0 Å². The maximum Gasteiger partial charge on any atom is 0.149 e. The summed E-state index contributed by atoms with van der Waals surface area (Å²) in [7, 11) is 1.73. The van der Waals surface area contributed by atoms with Crippen LogP contribution in [-0.4, -0.2) is 56.0 Å². The summed E-state index contributed by atoms with van der Waals surface area (Å²) in [6.45, 7) is 4.05. The number of halogens is 2. The van der Waals surface area contributed by atoms with Crippen molar-refractivity contribution in [1.29, 1.82) is 0 Å². The van der Waals surface area contributed by atoms with Gasteiger partial charge in [0.1, 0.15) is 17.3 Å². The lowest BCUT2D eigenvalue weighted by molar-refractivity contribution is 0.0699. The van der Waals surface area contributed by atoms with E-state index in [9.17, 15) is 4.39 Å². The molecule has 0 amide bonds. The summed E-state index contributed by atoms with van der Waals surface area (Å²) in [5, 5.41) is 7.35. The van der Waals surface area contributed by atoms with Gasteiger partial charge < -0.3 is 20.1 Å². The van der Waals surface area contributed by atoms with Gasteiger partial charge in [-0.3, -0.25) is 4.98 Å². The lowest BCUT2D eigenvalue weighted by Crippen LogP contribution is -2.35. The molecule has 1 aliphatic heterocycles. The van der Waals surface area contributed by atoms with E-state index in [0.29, 0.717) is 34.3 Å². The van der Waals surface area contributed by atoms with Crippen LogP contribution in [0.15, 0.2) is 24.4 Å². The Morgan fingerprint density at radius 3 is 2.68 bits per heavy atom. The van der Waals surface area contributed by atoms with Crippen molar-refractivity contribution < 1.29 is 13.9 Å². The largest absolute Gasteiger partial charge is 0.383 e. The van der Waals surface area contributed by atoms with Crippen LogP contribution in [0.3, 0.4) is 0 Å². The Kier molecular flexibility index (Phi) is 9.50. The molecule has 2 N–H and O–H groups in total. The molecule has 0 bridgehead atoms. The van der Waals surface area contributed by atoms with Gasteiger partial charge in [0.15, 0.2) is 0 Å². The third-order valence-electron chi connectivity index (χ3n) is 7.01. The quantitative estimate of drug-likeness (QED) is 0.451. The first kappa shape index (κ1) is 25.3. The van der Waals surface area contributed by atoms with E-state index in [2.05, 4.69) is 20.6 Å². The van der Waals surface area contributed by atoms with Crippen LogP contribution in [0, 0.1) is 17.7 Å². The van der Waals surface area contributed by atoms with Crippen molar-refractivity contribution in [3.05, 3.63) is 40.9 Å². The van der Waals surface area contributed by atoms with Gasteiger partial charge in [0, 0.05) is 56.9 Å². The number of methoxy groups -OCH3 is 1. The third kappa shape index (κ3) is 7.11. The monoisotopic (exact) mass is 490 g/mol. The lowest BCUT2D eigenvalue weighted by Gasteiger charge is -2.29. The fourth-order valence-corrected chi connectivity index (χ4v) is 5.13. The molecule has 2 aromatic rings. The lowest BCUT2D eigenvalue weighted by atomic mass is 9.83. The van der Waals surface area contributed by atoms with E-state index in [0.717, 1.165) is 83.5 Å². The van der Waals surface area contributed by atoms with Crippen molar-refractivity contribution in [2.45, 2.75) is 51.0 Å². The van der Waals surface area contributed by atoms with E-state index >= 15 is 0 Å². The number of pyridine rings is 2. The van der Waals surface area contributed by atoms with Gasteiger partial charge in [-0.1, -0.05) is 11.6 Å². The number of hydrogen-bond donors (Lipinski definition) is 2. The van der Waals surface area contributed by atoms with Crippen molar-refractivity contribution in [2.24, 2.45) is 11.8 Å². The van der Waals surface area contributed by atoms with Crippen LogP contribution in [0.2, 0.25) is 5.02 Å². The van der Waals surface area contributed by atoms with E-state index in [1.807, 2.05) is 6.07 Å². The maximum absolute atomic E-state index is 14.8. The van der Waals surface area contributed by atoms with E-state index in [1.54, 1.807) is 19.4 Å². The van der Waals surface area contributed by atoms with Crippen molar-refractivity contribution in [1.82, 2.24) is 15.3 Å². The maximum atomic E-state index is 14.8. The van der Waals surface area contributed by atoms with Crippen LogP contribution in [0.4, 0.5) is 10.2 Å². The van der Waals surface area contributed by atoms with Gasteiger partial charge in [0.25, 0.3) is 0 Å². The normalized spacial score (nSPS) is 21.5. The zero-order valence-corrected chi connectivity index (χ0v) is 20.7. The SMILES string of the molecule is COCCNC1CCC(Cc2cc(-c3nc(NCC4CCOCC4)ccc3F)c(Cl)cn2)CC1. The minimum Gasteiger partial charge on any atom is -0.383 e. The molecule has 34 heavy (non-hydrogen) atoms. The van der Waals surface area contributed by atoms with Crippen molar-refractivity contribution >= 4 is 17.4 Å². The molecule has 1 saturated heterocycles. The van der Waals surface area contributed by atoms with Gasteiger partial charge in [-0.2, -0.15) is 0 Å². The van der Waals surface area contributed by atoms with Gasteiger partial charge in [-0.25, -0.2) is 9.37 Å². The first-order valence-electron chi connectivity index (χ1n) is 12.5. The number of ether oxygens (including phenoxy) is 2. The molecular formula is C26H36ClFN4O2. The summed E-state index contributed by atoms with van der Waals surface area (Å²) in [5.74, 6) is 1.41. The Labute approximate surface area is 207 Å². The molecule has 0 unspecified atom stereocenters. The molecule has 0 radical (unpaired) electrons. The Bertz CT molecular complexity index is 918. The van der Waals surface area contributed by atoms with Crippen molar-refractivity contribution in [3.8, 4) is 11.3 Å². The molecule has 4 rings (SSSR count). The molecule has 2 aliphatic rings. The Morgan fingerprint density at radius 2 is 1.91 bits per heavy atom. The Morgan fingerprint density at radius 1 is 1.12 bits per heavy atom. The summed E-state index contributed by atoms with van der Waals surface area (Å²) in [5.41, 5.74) is 1.82. The number of nitrogens with zero attached hydrogens (tertiary/aromatic N) is 2. The highest BCUT2D eigenvalue weighted by molar-refractivity contribution is 6.33. The van der Waals surface area contributed by atoms with E-state index in [-0.39, 0.29) is 11.5 Å². The standard InChI is InChI=1S/C26H36ClFN4O2/c1-33-13-10-29-20-4-2-18(3-5-20)14-21-15-22(23(27)17-30-21)26-24(28)6-7-25(32-26)31-16-19-8-11-34-12-9-19/h6-7,15,17-20,29H,2-5,8-14,16H2,1H3,(H,31,32). The highest BCUT2D eigenvalue weighted by Gasteiger charge is 2.22. The van der Waals surface area contributed by atoms with E-state index in [4.69, 9.17) is 21.1 Å². The summed E-state index contributed by atoms with van der Waals surface area (Å²) in [6, 6.07) is 5.63. The van der Waals surface area contributed by atoms with E-state index in [1.165, 1.54) is 6.07 Å². The minimum absolute atomic E-state index is 0.275. The predicted octanol–water partition coefficient (Wildman–Crippen LogP) is 5.11. The van der Waals surface area contributed by atoms with Gasteiger partial charge >= 0.3 is 0 Å². The number of aromatic nitrogens is 2. The highest BCUT2D eigenvalue weighted by atomic mass is 35.5. The molecule has 2 fully saturated rings. The number of rotatable bonds is 10. The molecule has 1 saturated carbocycles. The predicted molar refractivity (Wildman–Crippen MR) is 134 cm³/mol. The zero-order valence-electron chi connectivity index (χ0n) is 20.0. The van der Waals surface area contributed by atoms with Crippen molar-refractivity contribution in [2.75, 3.05) is 45.3 Å². The molecule has 0 aromatic carbocycles. The molecule has 3 heterocycles. The van der Waals surface area contributed by atoms with Crippen LogP contribution in [0.5, 0.6) is 0 Å². The van der Waals surface area contributed by atoms with Crippen LogP contribution in [-0.2, 0) is 15.9 Å². The second-order valence-electron chi connectivity index (χ2n) is 9.49. The highest BCUT2D eigenvalue weighted by Crippen LogP contribution is 2.32. The summed E-state index contributed by atoms with van der Waals surface area (Å²) >= 11 is 6.45. The molecule has 8 heteroatoms. The second kappa shape index (κ2) is 12.8. The minimum atomic E-state index is -0.377. The zero-order chi connectivity index (χ0) is 23.8. The third-order valence-corrected chi connectivity index (χ3v) is 7.31. The second-order valence-corrected chi connectivity index (χ2v) is 9.89. The Balaban J connectivity index is 1.39. The molecule has 0 atom stereocenters. The first-order valence-corrected chi connectivity index (χ1v) is 12.9. The van der Waals surface area contributed by atoms with Gasteiger partial charge in [0.2, 0.25) is 0 Å². The molecule has 6 nitrogen and oxygen atoms in total. The topological polar surface area (TPSA) is 68.3 Å². The number of nitrogens with one attached hydrogen (secondary N) is 2. The number of anilines is 1. The molecule has 0 spiro atoms. The van der Waals surface area contributed by atoms with Gasteiger partial charge in [-0.05, 0) is 75.0 Å².